The van der Waals surface area contributed by atoms with E-state index in [1.807, 2.05) is 51.4 Å². The number of pyridine rings is 1. The average molecular weight is 271 g/mol. The summed E-state index contributed by atoms with van der Waals surface area (Å²) < 4.78 is 0. The molecule has 0 spiro atoms. The third kappa shape index (κ3) is 3.27. The number of phenolic OH excluding ortho intramolecular Hbond substituents is 1. The normalized spacial score (nSPS) is 12.2. The first-order chi connectivity index (χ1) is 9.61. The standard InChI is InChI=1S/C16H21N3O/c1-12(17-2)15-5-4-14(10-16(15)20)19(3)11-13-6-8-18-9-7-13/h4-10,12,17,20H,11H2,1-3H3. The molecular weight excluding hydrogens is 250 g/mol. The molecule has 0 saturated carbocycles. The molecule has 1 aromatic heterocycles. The van der Waals surface area contributed by atoms with E-state index in [1.54, 1.807) is 12.4 Å². The summed E-state index contributed by atoms with van der Waals surface area (Å²) >= 11 is 0. The Morgan fingerprint density at radius 3 is 2.55 bits per heavy atom. The predicted octanol–water partition coefficient (Wildman–Crippen LogP) is 2.70. The molecule has 0 bridgehead atoms. The van der Waals surface area contributed by atoms with Gasteiger partial charge in [-0.1, -0.05) is 6.07 Å². The van der Waals surface area contributed by atoms with E-state index in [4.69, 9.17) is 0 Å². The maximum Gasteiger partial charge on any atom is 0.122 e. The van der Waals surface area contributed by atoms with Gasteiger partial charge in [-0.05, 0) is 37.7 Å². The summed E-state index contributed by atoms with van der Waals surface area (Å²) in [5, 5.41) is 13.3. The lowest BCUT2D eigenvalue weighted by Gasteiger charge is -2.21. The monoisotopic (exact) mass is 271 g/mol. The van der Waals surface area contributed by atoms with Crippen molar-refractivity contribution in [3.63, 3.8) is 0 Å². The van der Waals surface area contributed by atoms with Crippen LogP contribution in [0.1, 0.15) is 24.1 Å². The van der Waals surface area contributed by atoms with E-state index >= 15 is 0 Å². The minimum Gasteiger partial charge on any atom is -0.508 e. The van der Waals surface area contributed by atoms with E-state index in [0.29, 0.717) is 5.75 Å². The molecule has 2 N–H and O–H groups in total. The summed E-state index contributed by atoms with van der Waals surface area (Å²) in [4.78, 5) is 6.11. The first-order valence-corrected chi connectivity index (χ1v) is 6.72. The molecule has 4 heteroatoms. The van der Waals surface area contributed by atoms with Crippen molar-refractivity contribution >= 4 is 5.69 Å². The maximum atomic E-state index is 10.1. The fourth-order valence-electron chi connectivity index (χ4n) is 2.14. The quantitative estimate of drug-likeness (QED) is 0.878. The van der Waals surface area contributed by atoms with Crippen LogP contribution in [-0.2, 0) is 6.54 Å². The number of aromatic nitrogens is 1. The van der Waals surface area contributed by atoms with Crippen LogP contribution in [0.15, 0.2) is 42.7 Å². The molecule has 1 aromatic carbocycles. The Kier molecular flexibility index (Phi) is 4.58. The summed E-state index contributed by atoms with van der Waals surface area (Å²) in [5.41, 5.74) is 3.09. The van der Waals surface area contributed by atoms with Gasteiger partial charge in [-0.25, -0.2) is 0 Å². The van der Waals surface area contributed by atoms with Crippen LogP contribution in [0, 0.1) is 0 Å². The van der Waals surface area contributed by atoms with Crippen LogP contribution in [0.4, 0.5) is 5.69 Å². The molecule has 0 aliphatic heterocycles. The van der Waals surface area contributed by atoms with E-state index < -0.39 is 0 Å². The lowest BCUT2D eigenvalue weighted by Crippen LogP contribution is -2.17. The summed E-state index contributed by atoms with van der Waals surface area (Å²) in [6.07, 6.45) is 3.58. The Bertz CT molecular complexity index is 557. The third-order valence-electron chi connectivity index (χ3n) is 3.52. The Morgan fingerprint density at radius 1 is 1.25 bits per heavy atom. The van der Waals surface area contributed by atoms with Crippen LogP contribution in [0.5, 0.6) is 5.75 Å². The summed E-state index contributed by atoms with van der Waals surface area (Å²) in [7, 11) is 3.89. The fourth-order valence-corrected chi connectivity index (χ4v) is 2.14. The molecule has 0 aliphatic rings. The molecule has 4 nitrogen and oxygen atoms in total. The molecule has 0 saturated heterocycles. The Hall–Kier alpha value is -2.07. The first-order valence-electron chi connectivity index (χ1n) is 6.72. The van der Waals surface area contributed by atoms with Gasteiger partial charge in [0.25, 0.3) is 0 Å². The molecule has 1 atom stereocenters. The zero-order valence-corrected chi connectivity index (χ0v) is 12.2. The minimum absolute atomic E-state index is 0.134. The molecule has 20 heavy (non-hydrogen) atoms. The molecular formula is C16H21N3O. The zero-order valence-electron chi connectivity index (χ0n) is 12.2. The highest BCUT2D eigenvalue weighted by Crippen LogP contribution is 2.29. The lowest BCUT2D eigenvalue weighted by molar-refractivity contribution is 0.458. The Morgan fingerprint density at radius 2 is 1.95 bits per heavy atom. The first kappa shape index (κ1) is 14.3. The summed E-state index contributed by atoms with van der Waals surface area (Å²) in [6, 6.07) is 9.93. The molecule has 0 fully saturated rings. The molecule has 1 heterocycles. The van der Waals surface area contributed by atoms with Gasteiger partial charge in [0.2, 0.25) is 0 Å². The minimum atomic E-state index is 0.134. The fraction of sp³-hybridized carbons (Fsp3) is 0.312. The van der Waals surface area contributed by atoms with E-state index in [2.05, 4.69) is 15.2 Å². The smallest absolute Gasteiger partial charge is 0.122 e. The van der Waals surface area contributed by atoms with Gasteiger partial charge in [0.15, 0.2) is 0 Å². The molecule has 0 amide bonds. The van der Waals surface area contributed by atoms with Gasteiger partial charge in [-0.15, -0.1) is 0 Å². The number of hydrogen-bond acceptors (Lipinski definition) is 4. The van der Waals surface area contributed by atoms with Gasteiger partial charge in [-0.2, -0.15) is 0 Å². The van der Waals surface area contributed by atoms with Crippen molar-refractivity contribution in [2.24, 2.45) is 0 Å². The van der Waals surface area contributed by atoms with Crippen LogP contribution in [0.25, 0.3) is 0 Å². The van der Waals surface area contributed by atoms with Crippen LogP contribution in [0.2, 0.25) is 0 Å². The van der Waals surface area contributed by atoms with Crippen molar-refractivity contribution in [3.8, 4) is 5.75 Å². The van der Waals surface area contributed by atoms with Crippen molar-refractivity contribution in [2.75, 3.05) is 19.0 Å². The highest BCUT2D eigenvalue weighted by atomic mass is 16.3. The average Bonchev–Trinajstić information content (AvgIpc) is 2.47. The number of hydrogen-bond donors (Lipinski definition) is 2. The Balaban J connectivity index is 2.15. The summed E-state index contributed by atoms with van der Waals surface area (Å²) in [6.45, 7) is 2.80. The molecule has 106 valence electrons. The summed E-state index contributed by atoms with van der Waals surface area (Å²) in [5.74, 6) is 0.325. The highest BCUT2D eigenvalue weighted by Gasteiger charge is 2.10. The molecule has 0 aliphatic carbocycles. The number of rotatable bonds is 5. The van der Waals surface area contributed by atoms with E-state index in [9.17, 15) is 5.11 Å². The largest absolute Gasteiger partial charge is 0.508 e. The second-order valence-electron chi connectivity index (χ2n) is 4.97. The Labute approximate surface area is 120 Å². The van der Waals surface area contributed by atoms with Gasteiger partial charge in [0, 0.05) is 49.3 Å². The number of phenols is 1. The van der Waals surface area contributed by atoms with Gasteiger partial charge >= 0.3 is 0 Å². The van der Waals surface area contributed by atoms with Crippen molar-refractivity contribution < 1.29 is 5.11 Å². The van der Waals surface area contributed by atoms with E-state index in [-0.39, 0.29) is 6.04 Å². The maximum absolute atomic E-state index is 10.1. The van der Waals surface area contributed by atoms with E-state index in [0.717, 1.165) is 17.8 Å². The molecule has 2 aromatic rings. The van der Waals surface area contributed by atoms with E-state index in [1.165, 1.54) is 5.56 Å². The number of benzene rings is 1. The second kappa shape index (κ2) is 6.39. The van der Waals surface area contributed by atoms with Crippen molar-refractivity contribution in [1.29, 1.82) is 0 Å². The van der Waals surface area contributed by atoms with Crippen LogP contribution >= 0.6 is 0 Å². The van der Waals surface area contributed by atoms with Crippen LogP contribution in [0.3, 0.4) is 0 Å². The van der Waals surface area contributed by atoms with Gasteiger partial charge in [0.05, 0.1) is 0 Å². The topological polar surface area (TPSA) is 48.4 Å². The molecule has 2 rings (SSSR count). The van der Waals surface area contributed by atoms with Gasteiger partial charge < -0.3 is 15.3 Å². The van der Waals surface area contributed by atoms with Gasteiger partial charge in [0.1, 0.15) is 5.75 Å². The van der Waals surface area contributed by atoms with Crippen molar-refractivity contribution in [3.05, 3.63) is 53.9 Å². The van der Waals surface area contributed by atoms with Crippen LogP contribution < -0.4 is 10.2 Å². The number of aromatic hydroxyl groups is 1. The SMILES string of the molecule is CNC(C)c1ccc(N(C)Cc2ccncc2)cc1O. The number of nitrogens with one attached hydrogen (secondary N) is 1. The predicted molar refractivity (Wildman–Crippen MR) is 81.9 cm³/mol. The highest BCUT2D eigenvalue weighted by molar-refractivity contribution is 5.53. The number of anilines is 1. The van der Waals surface area contributed by atoms with Crippen molar-refractivity contribution in [1.82, 2.24) is 10.3 Å². The zero-order chi connectivity index (χ0) is 14.5. The molecule has 0 radical (unpaired) electrons. The lowest BCUT2D eigenvalue weighted by atomic mass is 10.1. The van der Waals surface area contributed by atoms with Crippen LogP contribution in [-0.4, -0.2) is 24.2 Å². The van der Waals surface area contributed by atoms with Gasteiger partial charge in [-0.3, -0.25) is 4.98 Å². The van der Waals surface area contributed by atoms with Crippen molar-refractivity contribution in [2.45, 2.75) is 19.5 Å². The second-order valence-corrected chi connectivity index (χ2v) is 4.97. The number of nitrogens with zero attached hydrogens (tertiary/aromatic N) is 2. The third-order valence-corrected chi connectivity index (χ3v) is 3.52. The molecule has 1 unspecified atom stereocenters.